The van der Waals surface area contributed by atoms with Crippen molar-refractivity contribution in [2.45, 2.75) is 6.92 Å². The summed E-state index contributed by atoms with van der Waals surface area (Å²) < 4.78 is 12.5. The highest BCUT2D eigenvalue weighted by Gasteiger charge is 2.07. The molecule has 0 spiro atoms. The fraction of sp³-hybridized carbons (Fsp3) is 0.111. The Bertz CT molecular complexity index is 430. The first-order valence-corrected chi connectivity index (χ1v) is 4.04. The summed E-state index contributed by atoms with van der Waals surface area (Å²) in [5.74, 6) is -0.0348. The summed E-state index contributed by atoms with van der Waals surface area (Å²) >= 11 is 0. The molecule has 0 saturated heterocycles. The van der Waals surface area contributed by atoms with E-state index in [2.05, 4.69) is 15.0 Å². The van der Waals surface area contributed by atoms with Crippen molar-refractivity contribution in [3.8, 4) is 17.4 Å². The second-order valence-electron chi connectivity index (χ2n) is 2.90. The Balaban J connectivity index is 2.44. The van der Waals surface area contributed by atoms with Crippen LogP contribution < -0.4 is 0 Å². The van der Waals surface area contributed by atoms with Gasteiger partial charge >= 0.3 is 0 Å². The molecule has 0 aromatic carbocycles. The van der Waals surface area contributed by atoms with Crippen molar-refractivity contribution in [1.82, 2.24) is 15.0 Å². The van der Waals surface area contributed by atoms with Gasteiger partial charge in [-0.25, -0.2) is 9.37 Å². The molecule has 2 aromatic rings. The number of aryl methyl sites for hydroxylation is 1. The second kappa shape index (κ2) is 3.10. The third-order valence-corrected chi connectivity index (χ3v) is 1.83. The number of H-pyrrole nitrogens is 1. The van der Waals surface area contributed by atoms with E-state index >= 15 is 0 Å². The lowest BCUT2D eigenvalue weighted by Gasteiger charge is -1.93. The fourth-order valence-electron chi connectivity index (χ4n) is 1.09. The standard InChI is InChI=1S/C9H8FN3O/c1-5-9(14)13-8(12-5)7-3-2-6(10)4-11-7/h2-4,14H,1H3,(H,12,13). The van der Waals surface area contributed by atoms with E-state index in [1.54, 1.807) is 6.92 Å². The largest absolute Gasteiger partial charge is 0.492 e. The van der Waals surface area contributed by atoms with Crippen LogP contribution in [0.3, 0.4) is 0 Å². The number of hydrogen-bond acceptors (Lipinski definition) is 3. The molecule has 0 radical (unpaired) electrons. The third-order valence-electron chi connectivity index (χ3n) is 1.83. The van der Waals surface area contributed by atoms with E-state index in [1.807, 2.05) is 0 Å². The minimum Gasteiger partial charge on any atom is -0.492 e. The van der Waals surface area contributed by atoms with Gasteiger partial charge in [0.1, 0.15) is 11.5 Å². The molecule has 2 aromatic heterocycles. The van der Waals surface area contributed by atoms with Crippen LogP contribution in [0.25, 0.3) is 11.5 Å². The number of nitrogens with zero attached hydrogens (tertiary/aromatic N) is 2. The number of nitrogens with one attached hydrogen (secondary N) is 1. The smallest absolute Gasteiger partial charge is 0.232 e. The van der Waals surface area contributed by atoms with Crippen LogP contribution in [-0.2, 0) is 0 Å². The van der Waals surface area contributed by atoms with E-state index in [0.717, 1.165) is 6.20 Å². The second-order valence-corrected chi connectivity index (χ2v) is 2.90. The Labute approximate surface area is 79.5 Å². The van der Waals surface area contributed by atoms with E-state index < -0.39 is 5.82 Å². The number of aromatic amines is 1. The summed E-state index contributed by atoms with van der Waals surface area (Å²) in [6.07, 6.45) is 1.10. The van der Waals surface area contributed by atoms with Gasteiger partial charge in [-0.2, -0.15) is 4.98 Å². The van der Waals surface area contributed by atoms with Crippen molar-refractivity contribution < 1.29 is 9.50 Å². The monoisotopic (exact) mass is 193 g/mol. The lowest BCUT2D eigenvalue weighted by atomic mass is 10.3. The van der Waals surface area contributed by atoms with Crippen molar-refractivity contribution in [1.29, 1.82) is 0 Å². The summed E-state index contributed by atoms with van der Waals surface area (Å²) in [7, 11) is 0. The molecule has 0 bridgehead atoms. The molecule has 2 rings (SSSR count). The summed E-state index contributed by atoms with van der Waals surface area (Å²) in [4.78, 5) is 10.5. The van der Waals surface area contributed by atoms with Crippen LogP contribution in [0.5, 0.6) is 5.88 Å². The molecule has 2 heterocycles. The zero-order chi connectivity index (χ0) is 10.1. The summed E-state index contributed by atoms with van der Waals surface area (Å²) in [6, 6.07) is 2.78. The molecule has 4 nitrogen and oxygen atoms in total. The SMILES string of the molecule is Cc1[nH]c(-c2ccc(F)cn2)nc1O. The van der Waals surface area contributed by atoms with Gasteiger partial charge < -0.3 is 10.1 Å². The molecule has 0 unspecified atom stereocenters. The molecule has 0 aliphatic heterocycles. The van der Waals surface area contributed by atoms with Crippen LogP contribution in [0.1, 0.15) is 5.69 Å². The molecule has 2 N–H and O–H groups in total. The molecule has 5 heteroatoms. The first-order chi connectivity index (χ1) is 6.66. The van der Waals surface area contributed by atoms with Crippen molar-refractivity contribution >= 4 is 0 Å². The van der Waals surface area contributed by atoms with E-state index in [9.17, 15) is 9.50 Å². The normalized spacial score (nSPS) is 10.4. The van der Waals surface area contributed by atoms with Crippen LogP contribution in [0.4, 0.5) is 4.39 Å². The van der Waals surface area contributed by atoms with Gasteiger partial charge in [-0.1, -0.05) is 0 Å². The van der Waals surface area contributed by atoms with Crippen LogP contribution in [0, 0.1) is 12.7 Å². The Kier molecular flexibility index (Phi) is 1.92. The van der Waals surface area contributed by atoms with Crippen molar-refractivity contribution in [3.05, 3.63) is 29.8 Å². The predicted molar refractivity (Wildman–Crippen MR) is 48.2 cm³/mol. The molecule has 0 fully saturated rings. The topological polar surface area (TPSA) is 61.8 Å². The van der Waals surface area contributed by atoms with E-state index in [-0.39, 0.29) is 5.88 Å². The maximum absolute atomic E-state index is 12.5. The Hall–Kier alpha value is -1.91. The first-order valence-electron chi connectivity index (χ1n) is 4.04. The van der Waals surface area contributed by atoms with Gasteiger partial charge in [-0.05, 0) is 19.1 Å². The average Bonchev–Trinajstić information content (AvgIpc) is 2.48. The van der Waals surface area contributed by atoms with Gasteiger partial charge in [0, 0.05) is 0 Å². The zero-order valence-corrected chi connectivity index (χ0v) is 7.45. The minimum absolute atomic E-state index is 0.0638. The fourth-order valence-corrected chi connectivity index (χ4v) is 1.09. The van der Waals surface area contributed by atoms with Crippen molar-refractivity contribution in [2.24, 2.45) is 0 Å². The molecular weight excluding hydrogens is 185 g/mol. The molecule has 0 saturated carbocycles. The summed E-state index contributed by atoms with van der Waals surface area (Å²) in [5.41, 5.74) is 1.06. The van der Waals surface area contributed by atoms with E-state index in [4.69, 9.17) is 0 Å². The maximum Gasteiger partial charge on any atom is 0.232 e. The highest BCUT2D eigenvalue weighted by molar-refractivity contribution is 5.50. The summed E-state index contributed by atoms with van der Waals surface area (Å²) in [5, 5.41) is 9.21. The molecular formula is C9H8FN3O. The number of halogens is 1. The molecule has 0 aliphatic rings. The van der Waals surface area contributed by atoms with Gasteiger partial charge in [0.25, 0.3) is 0 Å². The Morgan fingerprint density at radius 2 is 2.21 bits per heavy atom. The van der Waals surface area contributed by atoms with Gasteiger partial charge in [0.05, 0.1) is 11.9 Å². The Morgan fingerprint density at radius 1 is 1.43 bits per heavy atom. The highest BCUT2D eigenvalue weighted by atomic mass is 19.1. The number of rotatable bonds is 1. The van der Waals surface area contributed by atoms with Crippen molar-refractivity contribution in [3.63, 3.8) is 0 Å². The predicted octanol–water partition coefficient (Wildman–Crippen LogP) is 1.62. The number of imidazole rings is 1. The van der Waals surface area contributed by atoms with Crippen LogP contribution >= 0.6 is 0 Å². The average molecular weight is 193 g/mol. The quantitative estimate of drug-likeness (QED) is 0.723. The maximum atomic E-state index is 12.5. The number of hydrogen-bond donors (Lipinski definition) is 2. The van der Waals surface area contributed by atoms with Crippen LogP contribution in [-0.4, -0.2) is 20.1 Å². The molecule has 72 valence electrons. The number of pyridine rings is 1. The molecule has 0 atom stereocenters. The van der Waals surface area contributed by atoms with Gasteiger partial charge in [-0.3, -0.25) is 0 Å². The zero-order valence-electron chi connectivity index (χ0n) is 7.45. The first kappa shape index (κ1) is 8.68. The minimum atomic E-state index is -0.402. The summed E-state index contributed by atoms with van der Waals surface area (Å²) in [6.45, 7) is 1.69. The highest BCUT2D eigenvalue weighted by Crippen LogP contribution is 2.19. The van der Waals surface area contributed by atoms with Crippen LogP contribution in [0.2, 0.25) is 0 Å². The lowest BCUT2D eigenvalue weighted by Crippen LogP contribution is -1.86. The third kappa shape index (κ3) is 1.44. The lowest BCUT2D eigenvalue weighted by molar-refractivity contribution is 0.452. The van der Waals surface area contributed by atoms with E-state index in [1.165, 1.54) is 12.1 Å². The Morgan fingerprint density at radius 3 is 2.71 bits per heavy atom. The van der Waals surface area contributed by atoms with Gasteiger partial charge in [-0.15, -0.1) is 0 Å². The number of aromatic nitrogens is 3. The molecule has 0 aliphatic carbocycles. The van der Waals surface area contributed by atoms with Crippen LogP contribution in [0.15, 0.2) is 18.3 Å². The van der Waals surface area contributed by atoms with Crippen molar-refractivity contribution in [2.75, 3.05) is 0 Å². The van der Waals surface area contributed by atoms with Gasteiger partial charge in [0.2, 0.25) is 5.88 Å². The van der Waals surface area contributed by atoms with Gasteiger partial charge in [0.15, 0.2) is 5.82 Å². The molecule has 14 heavy (non-hydrogen) atoms. The van der Waals surface area contributed by atoms with E-state index in [0.29, 0.717) is 17.2 Å². The molecule has 0 amide bonds. The number of aromatic hydroxyl groups is 1.